The minimum atomic E-state index is -0.370. The van der Waals surface area contributed by atoms with Gasteiger partial charge < -0.3 is 14.8 Å². The second-order valence-corrected chi connectivity index (χ2v) is 4.57. The van der Waals surface area contributed by atoms with Gasteiger partial charge in [0.15, 0.2) is 12.2 Å². The van der Waals surface area contributed by atoms with Crippen LogP contribution in [0.3, 0.4) is 0 Å². The molecule has 2 N–H and O–H groups in total. The Kier molecular flexibility index (Phi) is 3.55. The van der Waals surface area contributed by atoms with Gasteiger partial charge in [0.25, 0.3) is 0 Å². The lowest BCUT2D eigenvalue weighted by molar-refractivity contribution is 0.466. The maximum atomic E-state index is 13.1. The highest BCUT2D eigenvalue weighted by Crippen LogP contribution is 2.22. The van der Waals surface area contributed by atoms with Gasteiger partial charge in [-0.15, -0.1) is 0 Å². The van der Waals surface area contributed by atoms with Crippen molar-refractivity contribution in [3.63, 3.8) is 0 Å². The first-order valence-electron chi connectivity index (χ1n) is 6.42. The van der Waals surface area contributed by atoms with E-state index in [1.807, 2.05) is 24.3 Å². The minimum absolute atomic E-state index is 0.0715. The first-order chi connectivity index (χ1) is 10.2. The lowest BCUT2D eigenvalue weighted by Crippen LogP contribution is -2.00. The number of phenolic OH excluding ortho intramolecular Hbond substituents is 1. The molecular formula is C16H13FN2O2. The fourth-order valence-corrected chi connectivity index (χ4v) is 2.00. The predicted molar refractivity (Wildman–Crippen MR) is 77.3 cm³/mol. The van der Waals surface area contributed by atoms with Crippen LogP contribution in [0.1, 0.15) is 5.56 Å². The molecule has 3 aromatic rings. The molecule has 0 radical (unpaired) electrons. The summed E-state index contributed by atoms with van der Waals surface area (Å²) in [7, 11) is 0. The second kappa shape index (κ2) is 5.66. The lowest BCUT2D eigenvalue weighted by Gasteiger charge is -2.08. The number of halogens is 1. The largest absolute Gasteiger partial charge is 0.508 e. The number of hydrogen-bond acceptors (Lipinski definition) is 4. The summed E-state index contributed by atoms with van der Waals surface area (Å²) in [5.74, 6) is 0.400. The number of anilines is 1. The van der Waals surface area contributed by atoms with Crippen LogP contribution in [0, 0.1) is 5.82 Å². The number of aromatic hydroxyl groups is 1. The number of benzene rings is 2. The Hall–Kier alpha value is -2.82. The molecule has 3 rings (SSSR count). The maximum Gasteiger partial charge on any atom is 0.181 e. The summed E-state index contributed by atoms with van der Waals surface area (Å²) in [5.41, 5.74) is 2.29. The molecule has 0 saturated carbocycles. The standard InChI is InChI=1S/C16H13FN2O2/c17-13-3-6-15(20)12(7-13)8-19-14-4-1-11(2-5-14)16-9-18-10-21-16/h1-7,9-10,19-20H,8H2. The van der Waals surface area contributed by atoms with Crippen molar-refractivity contribution in [1.82, 2.24) is 4.98 Å². The Balaban J connectivity index is 1.70. The molecule has 2 aromatic carbocycles. The SMILES string of the molecule is Oc1ccc(F)cc1CNc1ccc(-c2cnco2)cc1. The Morgan fingerprint density at radius 1 is 1.14 bits per heavy atom. The summed E-state index contributed by atoms with van der Waals surface area (Å²) in [6.45, 7) is 0.339. The summed E-state index contributed by atoms with van der Waals surface area (Å²) < 4.78 is 18.3. The van der Waals surface area contributed by atoms with Crippen molar-refractivity contribution >= 4 is 5.69 Å². The zero-order chi connectivity index (χ0) is 14.7. The van der Waals surface area contributed by atoms with E-state index >= 15 is 0 Å². The average molecular weight is 284 g/mol. The molecule has 1 aromatic heterocycles. The number of aromatic nitrogens is 1. The van der Waals surface area contributed by atoms with Crippen LogP contribution in [0.5, 0.6) is 5.75 Å². The van der Waals surface area contributed by atoms with Gasteiger partial charge in [-0.1, -0.05) is 0 Å². The smallest absolute Gasteiger partial charge is 0.181 e. The zero-order valence-corrected chi connectivity index (χ0v) is 11.1. The topological polar surface area (TPSA) is 58.3 Å². The summed E-state index contributed by atoms with van der Waals surface area (Å²) in [6, 6.07) is 11.4. The van der Waals surface area contributed by atoms with Crippen LogP contribution in [0.15, 0.2) is 59.5 Å². The average Bonchev–Trinajstić information content (AvgIpc) is 3.03. The van der Waals surface area contributed by atoms with Gasteiger partial charge in [0.2, 0.25) is 0 Å². The molecule has 0 fully saturated rings. The highest BCUT2D eigenvalue weighted by molar-refractivity contribution is 5.60. The van der Waals surface area contributed by atoms with Gasteiger partial charge in [0.05, 0.1) is 6.20 Å². The van der Waals surface area contributed by atoms with E-state index in [-0.39, 0.29) is 11.6 Å². The van der Waals surface area contributed by atoms with Gasteiger partial charge in [-0.3, -0.25) is 0 Å². The Bertz CT molecular complexity index is 725. The molecule has 5 heteroatoms. The lowest BCUT2D eigenvalue weighted by atomic mass is 10.1. The van der Waals surface area contributed by atoms with Crippen molar-refractivity contribution in [2.45, 2.75) is 6.54 Å². The summed E-state index contributed by atoms with van der Waals surface area (Å²) >= 11 is 0. The first kappa shape index (κ1) is 13.2. The van der Waals surface area contributed by atoms with Gasteiger partial charge in [-0.25, -0.2) is 9.37 Å². The van der Waals surface area contributed by atoms with E-state index in [0.29, 0.717) is 17.9 Å². The molecule has 21 heavy (non-hydrogen) atoms. The molecule has 0 aliphatic heterocycles. The van der Waals surface area contributed by atoms with Gasteiger partial charge in [-0.2, -0.15) is 0 Å². The van der Waals surface area contributed by atoms with Crippen molar-refractivity contribution in [3.8, 4) is 17.1 Å². The van der Waals surface area contributed by atoms with Crippen LogP contribution < -0.4 is 5.32 Å². The molecule has 106 valence electrons. The minimum Gasteiger partial charge on any atom is -0.508 e. The second-order valence-electron chi connectivity index (χ2n) is 4.57. The Labute approximate surface area is 120 Å². The molecule has 0 aliphatic rings. The fourth-order valence-electron chi connectivity index (χ4n) is 2.00. The number of hydrogen-bond donors (Lipinski definition) is 2. The molecule has 1 heterocycles. The monoisotopic (exact) mass is 284 g/mol. The zero-order valence-electron chi connectivity index (χ0n) is 11.1. The quantitative estimate of drug-likeness (QED) is 0.765. The Morgan fingerprint density at radius 3 is 2.67 bits per heavy atom. The van der Waals surface area contributed by atoms with Crippen LogP contribution in [-0.2, 0) is 6.54 Å². The van der Waals surface area contributed by atoms with Crippen LogP contribution in [0.4, 0.5) is 10.1 Å². The van der Waals surface area contributed by atoms with Crippen molar-refractivity contribution < 1.29 is 13.9 Å². The van der Waals surface area contributed by atoms with E-state index in [0.717, 1.165) is 11.3 Å². The molecule has 0 aliphatic carbocycles. The normalized spacial score (nSPS) is 10.5. The highest BCUT2D eigenvalue weighted by Gasteiger charge is 2.04. The number of phenols is 1. The predicted octanol–water partition coefficient (Wildman–Crippen LogP) is 3.80. The molecule has 0 saturated heterocycles. The highest BCUT2D eigenvalue weighted by atomic mass is 19.1. The van der Waals surface area contributed by atoms with E-state index in [9.17, 15) is 9.50 Å². The van der Waals surface area contributed by atoms with Gasteiger partial charge in [0, 0.05) is 23.4 Å². The molecular weight excluding hydrogens is 271 g/mol. The maximum absolute atomic E-state index is 13.1. The number of rotatable bonds is 4. The molecule has 0 unspecified atom stereocenters. The van der Waals surface area contributed by atoms with Crippen LogP contribution in [0.25, 0.3) is 11.3 Å². The van der Waals surface area contributed by atoms with Crippen molar-refractivity contribution in [2.75, 3.05) is 5.32 Å². The van der Waals surface area contributed by atoms with E-state index in [2.05, 4.69) is 10.3 Å². The number of nitrogens with one attached hydrogen (secondary N) is 1. The number of oxazole rings is 1. The Morgan fingerprint density at radius 2 is 1.95 bits per heavy atom. The van der Waals surface area contributed by atoms with Crippen molar-refractivity contribution in [2.24, 2.45) is 0 Å². The summed E-state index contributed by atoms with van der Waals surface area (Å²) in [6.07, 6.45) is 3.03. The van der Waals surface area contributed by atoms with E-state index in [1.54, 1.807) is 6.20 Å². The summed E-state index contributed by atoms with van der Waals surface area (Å²) in [4.78, 5) is 3.87. The third-order valence-electron chi connectivity index (χ3n) is 3.13. The van der Waals surface area contributed by atoms with E-state index in [1.165, 1.54) is 24.6 Å². The van der Waals surface area contributed by atoms with Crippen molar-refractivity contribution in [1.29, 1.82) is 0 Å². The van der Waals surface area contributed by atoms with Gasteiger partial charge in [0.1, 0.15) is 11.6 Å². The van der Waals surface area contributed by atoms with Crippen molar-refractivity contribution in [3.05, 3.63) is 66.4 Å². The number of nitrogens with zero attached hydrogens (tertiary/aromatic N) is 1. The fraction of sp³-hybridized carbons (Fsp3) is 0.0625. The third kappa shape index (κ3) is 3.02. The van der Waals surface area contributed by atoms with Gasteiger partial charge >= 0.3 is 0 Å². The molecule has 0 spiro atoms. The van der Waals surface area contributed by atoms with Crippen LogP contribution in [0.2, 0.25) is 0 Å². The first-order valence-corrected chi connectivity index (χ1v) is 6.42. The van der Waals surface area contributed by atoms with Crippen LogP contribution in [-0.4, -0.2) is 10.1 Å². The molecule has 0 atom stereocenters. The molecule has 4 nitrogen and oxygen atoms in total. The summed E-state index contributed by atoms with van der Waals surface area (Å²) in [5, 5.41) is 12.8. The molecule has 0 amide bonds. The van der Waals surface area contributed by atoms with Crippen LogP contribution >= 0.6 is 0 Å². The van der Waals surface area contributed by atoms with E-state index in [4.69, 9.17) is 4.42 Å². The van der Waals surface area contributed by atoms with Gasteiger partial charge in [-0.05, 0) is 42.5 Å². The van der Waals surface area contributed by atoms with E-state index < -0.39 is 0 Å². The molecule has 0 bridgehead atoms. The third-order valence-corrected chi connectivity index (χ3v) is 3.13.